The molecule has 2 heterocycles. The summed E-state index contributed by atoms with van der Waals surface area (Å²) in [4.78, 5) is 21.6. The quantitative estimate of drug-likeness (QED) is 0.0909. The third-order valence-electron chi connectivity index (χ3n) is 7.95. The van der Waals surface area contributed by atoms with Gasteiger partial charge in [0, 0.05) is 0 Å². The molecule has 2 atom stereocenters. The Hall–Kier alpha value is -1.53. The number of ether oxygens (including phenoxy) is 2. The number of hydrogen-bond acceptors (Lipinski definition) is 3. The lowest BCUT2D eigenvalue weighted by molar-refractivity contribution is 0.275. The molecule has 3 N–H and O–H groups in total. The maximum Gasteiger partial charge on any atom is 0.466 e. The molecule has 232 valence electrons. The predicted molar refractivity (Wildman–Crippen MR) is 168 cm³/mol. The van der Waals surface area contributed by atoms with Crippen LogP contribution < -0.4 is 0 Å². The average Bonchev–Trinajstić information content (AvgIpc) is 3.90. The van der Waals surface area contributed by atoms with Crippen molar-refractivity contribution in [1.29, 1.82) is 0 Å². The van der Waals surface area contributed by atoms with Gasteiger partial charge in [0.05, 0.1) is 13.2 Å². The summed E-state index contributed by atoms with van der Waals surface area (Å²) in [5.74, 6) is 0. The Morgan fingerprint density at radius 1 is 0.561 bits per heavy atom. The second-order valence-electron chi connectivity index (χ2n) is 11.6. The second-order valence-corrected chi connectivity index (χ2v) is 12.6. The van der Waals surface area contributed by atoms with Crippen LogP contribution in [0, 0.1) is 0 Å². The Bertz CT molecular complexity index is 876. The second kappa shape index (κ2) is 19.6. The minimum Gasteiger partial charge on any atom is -0.365 e. The zero-order valence-electron chi connectivity index (χ0n) is 25.5. The molecule has 2 fully saturated rings. The van der Waals surface area contributed by atoms with Gasteiger partial charge in [0.15, 0.2) is 0 Å². The number of phosphoric acid groups is 1. The first-order chi connectivity index (χ1) is 19.7. The molecule has 0 radical (unpaired) electrons. The lowest BCUT2D eigenvalue weighted by atomic mass is 9.93. The summed E-state index contributed by atoms with van der Waals surface area (Å²) in [6.07, 6.45) is 21.6. The molecule has 4 rings (SSSR count). The van der Waals surface area contributed by atoms with Crippen LogP contribution >= 0.6 is 7.82 Å². The van der Waals surface area contributed by atoms with Crippen molar-refractivity contribution >= 4 is 7.82 Å². The van der Waals surface area contributed by atoms with Gasteiger partial charge in [0.2, 0.25) is 0 Å². The number of benzene rings is 2. The number of epoxide rings is 2. The Morgan fingerprint density at radius 2 is 0.829 bits per heavy atom. The highest BCUT2D eigenvalue weighted by Gasteiger charge is 2.46. The van der Waals surface area contributed by atoms with Crippen LogP contribution in [0.4, 0.5) is 0 Å². The van der Waals surface area contributed by atoms with Gasteiger partial charge >= 0.3 is 7.82 Å². The van der Waals surface area contributed by atoms with Crippen LogP contribution in [0.15, 0.2) is 60.7 Å². The van der Waals surface area contributed by atoms with Crippen molar-refractivity contribution in [3.63, 3.8) is 0 Å². The van der Waals surface area contributed by atoms with Gasteiger partial charge in [-0.25, -0.2) is 4.57 Å². The van der Waals surface area contributed by atoms with Crippen LogP contribution in [0.3, 0.4) is 0 Å². The van der Waals surface area contributed by atoms with E-state index in [1.807, 2.05) is 0 Å². The minimum atomic E-state index is -4.64. The highest BCUT2D eigenvalue weighted by atomic mass is 31.2. The SMILES string of the molecule is CCCCCCCCCC1(c2ccccc2)CO1.CCCCCCCCCC1(c2ccccc2)CO1.O=P(O)(O)O. The molecule has 2 saturated heterocycles. The zero-order valence-corrected chi connectivity index (χ0v) is 26.4. The van der Waals surface area contributed by atoms with Gasteiger partial charge in [-0.15, -0.1) is 0 Å². The van der Waals surface area contributed by atoms with Crippen LogP contribution in [0.1, 0.15) is 128 Å². The topological polar surface area (TPSA) is 103 Å². The number of rotatable bonds is 18. The van der Waals surface area contributed by atoms with Crippen LogP contribution in [0.2, 0.25) is 0 Å². The fraction of sp³-hybridized carbons (Fsp3) is 0.647. The summed E-state index contributed by atoms with van der Waals surface area (Å²) >= 11 is 0. The molecular weight excluding hydrogens is 535 g/mol. The standard InChI is InChI=1S/2C17H26O.H3O4P/c2*1-2-3-4-5-6-7-11-14-17(15-18-17)16-12-9-8-10-13-16;1-5(2,3)4/h2*8-10,12-13H,2-7,11,14-15H2,1H3;(H3,1,2,3,4). The van der Waals surface area contributed by atoms with Crippen LogP contribution in [0.25, 0.3) is 0 Å². The first-order valence-corrected chi connectivity index (χ1v) is 17.5. The zero-order chi connectivity index (χ0) is 29.9. The van der Waals surface area contributed by atoms with E-state index in [1.54, 1.807) is 0 Å². The van der Waals surface area contributed by atoms with Crippen LogP contribution in [0.5, 0.6) is 0 Å². The molecule has 41 heavy (non-hydrogen) atoms. The largest absolute Gasteiger partial charge is 0.466 e. The van der Waals surface area contributed by atoms with Crippen molar-refractivity contribution in [2.75, 3.05) is 13.2 Å². The fourth-order valence-corrected chi connectivity index (χ4v) is 5.30. The monoisotopic (exact) mass is 590 g/mol. The van der Waals surface area contributed by atoms with E-state index in [1.165, 1.54) is 114 Å². The van der Waals surface area contributed by atoms with Crippen molar-refractivity contribution in [1.82, 2.24) is 0 Å². The van der Waals surface area contributed by atoms with Gasteiger partial charge < -0.3 is 24.2 Å². The lowest BCUT2D eigenvalue weighted by Gasteiger charge is -2.11. The van der Waals surface area contributed by atoms with Crippen molar-refractivity contribution in [3.8, 4) is 0 Å². The van der Waals surface area contributed by atoms with Gasteiger partial charge in [-0.1, -0.05) is 164 Å². The molecule has 0 spiro atoms. The highest BCUT2D eigenvalue weighted by Crippen LogP contribution is 2.44. The summed E-state index contributed by atoms with van der Waals surface area (Å²) < 4.78 is 20.3. The van der Waals surface area contributed by atoms with Gasteiger partial charge in [-0.3, -0.25) is 0 Å². The average molecular weight is 591 g/mol. The molecule has 6 nitrogen and oxygen atoms in total. The molecule has 2 aromatic carbocycles. The van der Waals surface area contributed by atoms with Gasteiger partial charge in [0.1, 0.15) is 11.2 Å². The molecule has 2 unspecified atom stereocenters. The number of unbranched alkanes of at least 4 members (excludes halogenated alkanes) is 12. The molecule has 0 aromatic heterocycles. The summed E-state index contributed by atoms with van der Waals surface area (Å²) in [6, 6.07) is 21.4. The Kier molecular flexibility index (Phi) is 17.1. The van der Waals surface area contributed by atoms with Crippen LogP contribution in [-0.2, 0) is 25.2 Å². The van der Waals surface area contributed by atoms with E-state index >= 15 is 0 Å². The highest BCUT2D eigenvalue weighted by molar-refractivity contribution is 7.45. The normalized spacial score (nSPS) is 20.8. The van der Waals surface area contributed by atoms with Crippen molar-refractivity contribution in [3.05, 3.63) is 71.8 Å². The van der Waals surface area contributed by atoms with Gasteiger partial charge in [-0.05, 0) is 24.0 Å². The molecule has 0 amide bonds. The molecule has 7 heteroatoms. The van der Waals surface area contributed by atoms with Crippen molar-refractivity contribution < 1.29 is 28.7 Å². The maximum absolute atomic E-state index is 8.88. The third-order valence-corrected chi connectivity index (χ3v) is 7.95. The summed E-state index contributed by atoms with van der Waals surface area (Å²) in [7, 11) is -4.64. The minimum absolute atomic E-state index is 0.0880. The summed E-state index contributed by atoms with van der Waals surface area (Å²) in [5, 5.41) is 0. The van der Waals surface area contributed by atoms with E-state index in [0.29, 0.717) is 0 Å². The summed E-state index contributed by atoms with van der Waals surface area (Å²) in [5.41, 5.74) is 2.92. The summed E-state index contributed by atoms with van der Waals surface area (Å²) in [6.45, 7) is 6.39. The molecule has 2 aliphatic heterocycles. The van der Waals surface area contributed by atoms with Crippen molar-refractivity contribution in [2.45, 2.75) is 128 Å². The molecule has 2 aromatic rings. The molecular formula is C34H55O6P. The van der Waals surface area contributed by atoms with E-state index < -0.39 is 7.82 Å². The smallest absolute Gasteiger partial charge is 0.365 e. The van der Waals surface area contributed by atoms with E-state index in [2.05, 4.69) is 74.5 Å². The van der Waals surface area contributed by atoms with E-state index in [9.17, 15) is 0 Å². The molecule has 0 aliphatic carbocycles. The Balaban J connectivity index is 0.000000247. The lowest BCUT2D eigenvalue weighted by Crippen LogP contribution is -2.08. The van der Waals surface area contributed by atoms with E-state index in [0.717, 1.165) is 13.2 Å². The fourth-order valence-electron chi connectivity index (χ4n) is 5.30. The van der Waals surface area contributed by atoms with Gasteiger partial charge in [-0.2, -0.15) is 0 Å². The third kappa shape index (κ3) is 16.0. The first kappa shape index (κ1) is 35.7. The molecule has 2 aliphatic rings. The molecule has 0 bridgehead atoms. The Labute approximate surface area is 249 Å². The molecule has 0 saturated carbocycles. The van der Waals surface area contributed by atoms with E-state index in [-0.39, 0.29) is 11.2 Å². The van der Waals surface area contributed by atoms with Crippen LogP contribution in [-0.4, -0.2) is 27.9 Å². The first-order valence-electron chi connectivity index (χ1n) is 15.9. The van der Waals surface area contributed by atoms with Crippen molar-refractivity contribution in [2.24, 2.45) is 0 Å². The number of hydrogen-bond donors (Lipinski definition) is 3. The maximum atomic E-state index is 8.88. The Morgan fingerprint density at radius 3 is 1.10 bits per heavy atom. The van der Waals surface area contributed by atoms with Gasteiger partial charge in [0.25, 0.3) is 0 Å². The predicted octanol–water partition coefficient (Wildman–Crippen LogP) is 9.18. The van der Waals surface area contributed by atoms with E-state index in [4.69, 9.17) is 28.7 Å².